The molecule has 296 valence electrons. The Labute approximate surface area is 302 Å². The number of aliphatic hydroxyl groups excluding tert-OH is 9. The first-order chi connectivity index (χ1) is 25.5. The van der Waals surface area contributed by atoms with Gasteiger partial charge < -0.3 is 94.1 Å². The highest BCUT2D eigenvalue weighted by Crippen LogP contribution is 2.39. The largest absolute Gasteiger partial charge is 0.508 e. The minimum Gasteiger partial charge on any atom is -0.508 e. The molecule has 3 saturated heterocycles. The summed E-state index contributed by atoms with van der Waals surface area (Å²) in [7, 11) is 0. The van der Waals surface area contributed by atoms with Crippen molar-refractivity contribution >= 4 is 16.9 Å². The fraction of sp³-hybridized carbons (Fsp3) is 0.515. The molecule has 3 aliphatic heterocycles. The zero-order valence-corrected chi connectivity index (χ0v) is 27.9. The van der Waals surface area contributed by atoms with E-state index in [2.05, 4.69) is 0 Å². The molecule has 54 heavy (non-hydrogen) atoms. The van der Waals surface area contributed by atoms with Crippen LogP contribution in [0.4, 0.5) is 0 Å². The number of benzene rings is 2. The first kappa shape index (κ1) is 39.5. The van der Waals surface area contributed by atoms with Gasteiger partial charge in [0, 0.05) is 17.7 Å². The normalized spacial score (nSPS) is 37.2. The van der Waals surface area contributed by atoms with Crippen LogP contribution < -0.4 is 14.9 Å². The van der Waals surface area contributed by atoms with Gasteiger partial charge in [-0.3, -0.25) is 4.79 Å². The molecule has 2 aromatic carbocycles. The first-order valence-corrected chi connectivity index (χ1v) is 16.4. The number of aliphatic hydroxyl groups is 9. The van der Waals surface area contributed by atoms with Crippen LogP contribution in [0.15, 0.2) is 45.6 Å². The van der Waals surface area contributed by atoms with Gasteiger partial charge in [-0.1, -0.05) is 0 Å². The Kier molecular flexibility index (Phi) is 11.3. The smallest absolute Gasteiger partial charge is 0.335 e. The summed E-state index contributed by atoms with van der Waals surface area (Å²) in [5.74, 6) is -4.18. The van der Waals surface area contributed by atoms with Gasteiger partial charge in [0.05, 0.1) is 12.7 Å². The summed E-state index contributed by atoms with van der Waals surface area (Å²) in [6.07, 6.45) is -26.5. The van der Waals surface area contributed by atoms with Crippen LogP contribution in [0.25, 0.3) is 22.3 Å². The Morgan fingerprint density at radius 1 is 0.704 bits per heavy atom. The Morgan fingerprint density at radius 2 is 1.30 bits per heavy atom. The molecule has 0 bridgehead atoms. The molecule has 1 aromatic heterocycles. The van der Waals surface area contributed by atoms with Crippen molar-refractivity contribution in [3.63, 3.8) is 0 Å². The van der Waals surface area contributed by atoms with Crippen LogP contribution in [0.5, 0.6) is 23.0 Å². The molecule has 6 rings (SSSR count). The minimum absolute atomic E-state index is 0.0733. The van der Waals surface area contributed by atoms with Crippen LogP contribution in [0.3, 0.4) is 0 Å². The highest BCUT2D eigenvalue weighted by molar-refractivity contribution is 5.88. The Balaban J connectivity index is 1.32. The molecule has 0 spiro atoms. The van der Waals surface area contributed by atoms with E-state index < -0.39 is 138 Å². The number of carboxylic acid groups (broad SMARTS) is 1. The van der Waals surface area contributed by atoms with E-state index >= 15 is 0 Å². The molecule has 15 atom stereocenters. The fourth-order valence-corrected chi connectivity index (χ4v) is 6.13. The molecule has 3 aliphatic rings. The van der Waals surface area contributed by atoms with Crippen LogP contribution >= 0.6 is 0 Å². The second kappa shape index (κ2) is 15.5. The monoisotopic (exact) mass is 770 g/mol. The van der Waals surface area contributed by atoms with Gasteiger partial charge in [0.25, 0.3) is 0 Å². The molecule has 3 aromatic rings. The van der Waals surface area contributed by atoms with Gasteiger partial charge in [-0.2, -0.15) is 0 Å². The molecule has 0 amide bonds. The molecule has 0 aliphatic carbocycles. The Bertz CT molecular complexity index is 1870. The lowest BCUT2D eigenvalue weighted by Gasteiger charge is -2.42. The van der Waals surface area contributed by atoms with Gasteiger partial charge in [0.2, 0.25) is 23.8 Å². The zero-order valence-electron chi connectivity index (χ0n) is 27.9. The zero-order chi connectivity index (χ0) is 39.3. The number of carbonyl (C=O) groups is 1. The minimum atomic E-state index is -2.03. The Hall–Kier alpha value is -4.20. The van der Waals surface area contributed by atoms with Crippen molar-refractivity contribution < 1.29 is 98.9 Å². The quantitative estimate of drug-likeness (QED) is 0.0991. The predicted molar refractivity (Wildman–Crippen MR) is 172 cm³/mol. The number of fused-ring (bicyclic) bond motifs is 1. The van der Waals surface area contributed by atoms with E-state index in [0.717, 1.165) is 12.1 Å². The lowest BCUT2D eigenvalue weighted by atomic mass is 9.98. The van der Waals surface area contributed by atoms with Crippen molar-refractivity contribution in [2.75, 3.05) is 6.61 Å². The molecule has 21 nitrogen and oxygen atoms in total. The van der Waals surface area contributed by atoms with E-state index in [4.69, 9.17) is 32.8 Å². The van der Waals surface area contributed by atoms with Crippen molar-refractivity contribution in [1.82, 2.24) is 0 Å². The number of phenolic OH excluding ortho intramolecular Hbond substituents is 2. The van der Waals surface area contributed by atoms with E-state index in [1.54, 1.807) is 0 Å². The maximum absolute atomic E-state index is 14.0. The van der Waals surface area contributed by atoms with Crippen molar-refractivity contribution in [3.8, 4) is 34.3 Å². The van der Waals surface area contributed by atoms with Crippen LogP contribution in [0, 0.1) is 0 Å². The molecule has 0 saturated carbocycles. The number of carboxylic acids is 1. The molecule has 4 heterocycles. The van der Waals surface area contributed by atoms with Crippen LogP contribution in [0.1, 0.15) is 6.92 Å². The lowest BCUT2D eigenvalue weighted by Crippen LogP contribution is -2.61. The number of rotatable bonds is 9. The third kappa shape index (κ3) is 7.42. The molecule has 0 unspecified atom stereocenters. The summed E-state index contributed by atoms with van der Waals surface area (Å²) in [5.41, 5.74) is -1.42. The molecule has 0 radical (unpaired) electrons. The number of ether oxygens (including phenoxy) is 6. The summed E-state index contributed by atoms with van der Waals surface area (Å²) in [5, 5.41) is 123. The summed E-state index contributed by atoms with van der Waals surface area (Å²) in [6, 6.07) is 6.92. The number of phenols is 2. The maximum atomic E-state index is 14.0. The third-order valence-corrected chi connectivity index (χ3v) is 9.24. The van der Waals surface area contributed by atoms with Crippen molar-refractivity contribution in [3.05, 3.63) is 46.6 Å². The highest BCUT2D eigenvalue weighted by atomic mass is 16.7. The molecular formula is C33H38O21. The number of hydrogen-bond donors (Lipinski definition) is 12. The number of aliphatic carboxylic acids is 1. The second-order valence-corrected chi connectivity index (χ2v) is 13.0. The van der Waals surface area contributed by atoms with Crippen molar-refractivity contribution in [2.24, 2.45) is 0 Å². The first-order valence-electron chi connectivity index (χ1n) is 16.4. The van der Waals surface area contributed by atoms with E-state index in [1.807, 2.05) is 0 Å². The van der Waals surface area contributed by atoms with E-state index in [-0.39, 0.29) is 17.1 Å². The maximum Gasteiger partial charge on any atom is 0.335 e. The van der Waals surface area contributed by atoms with E-state index in [1.165, 1.54) is 31.2 Å². The summed E-state index contributed by atoms with van der Waals surface area (Å²) < 4.78 is 38.9. The van der Waals surface area contributed by atoms with Gasteiger partial charge >= 0.3 is 5.97 Å². The van der Waals surface area contributed by atoms with Gasteiger partial charge in [0.1, 0.15) is 89.3 Å². The SMILES string of the molecule is C[C@@H]1O[C@@H](OC[C@H]2O[C@@H](Oc3c(-c4ccc(O)cc4)oc4cc(O[C@@H]5O[C@H](C(=O)O)[C@@H](O)[C@H](O)[C@H]5O)cc(O)c4c3=O)[C@H](O)[C@@H](O)[C@@H]2O)[C@H](O)[C@@H](O)[C@H]1O. The number of aromatic hydroxyl groups is 2. The topological polar surface area (TPSA) is 345 Å². The average molecular weight is 771 g/mol. The van der Waals surface area contributed by atoms with E-state index in [9.17, 15) is 70.9 Å². The van der Waals surface area contributed by atoms with Gasteiger partial charge in [-0.25, -0.2) is 4.79 Å². The lowest BCUT2D eigenvalue weighted by molar-refractivity contribution is -0.318. The Morgan fingerprint density at radius 3 is 1.94 bits per heavy atom. The average Bonchev–Trinajstić information content (AvgIpc) is 3.13. The highest BCUT2D eigenvalue weighted by Gasteiger charge is 2.49. The molecular weight excluding hydrogens is 732 g/mol. The summed E-state index contributed by atoms with van der Waals surface area (Å²) in [4.78, 5) is 25.6. The van der Waals surface area contributed by atoms with Crippen LogP contribution in [-0.2, 0) is 23.7 Å². The predicted octanol–water partition coefficient (Wildman–Crippen LogP) is -3.83. The fourth-order valence-electron chi connectivity index (χ4n) is 6.13. The summed E-state index contributed by atoms with van der Waals surface area (Å²) in [6.45, 7) is 0.757. The molecule has 3 fully saturated rings. The van der Waals surface area contributed by atoms with E-state index in [0.29, 0.717) is 0 Å². The molecule has 12 N–H and O–H groups in total. The summed E-state index contributed by atoms with van der Waals surface area (Å²) >= 11 is 0. The van der Waals surface area contributed by atoms with Gasteiger partial charge in [-0.05, 0) is 31.2 Å². The van der Waals surface area contributed by atoms with Crippen molar-refractivity contribution in [2.45, 2.75) is 99.0 Å². The third-order valence-electron chi connectivity index (χ3n) is 9.24. The second-order valence-electron chi connectivity index (χ2n) is 13.0. The standard InChI is InChI=1S/C33H38O21/c1-9-17(36)20(39)24(43)31(49-9)48-8-15-18(37)21(40)25(44)33(52-15)53-28-19(38)16-13(35)6-12(7-14(16)51-27(28)10-2-4-11(34)5-3-10)50-32-26(45)22(41)23(42)29(54-32)30(46)47/h2-7,9,15,17-18,20-26,29,31-37,39-45H,8H2,1H3,(H,46,47)/t9-,15+,17-,18+,20-,21-,22-,23-,24+,25+,26+,29-,31+,32+,33-/m0/s1. The van der Waals surface area contributed by atoms with Gasteiger partial charge in [0.15, 0.2) is 18.2 Å². The molecule has 21 heteroatoms. The van der Waals surface area contributed by atoms with Crippen molar-refractivity contribution in [1.29, 1.82) is 0 Å². The van der Waals surface area contributed by atoms with Crippen LogP contribution in [-0.4, -0.2) is 166 Å². The van der Waals surface area contributed by atoms with Crippen LogP contribution in [0.2, 0.25) is 0 Å². The van der Waals surface area contributed by atoms with Gasteiger partial charge in [-0.15, -0.1) is 0 Å². The number of hydrogen-bond acceptors (Lipinski definition) is 20.